The molecule has 2 aromatic carbocycles. The highest BCUT2D eigenvalue weighted by Crippen LogP contribution is 2.27. The number of hydrogen-bond acceptors (Lipinski definition) is 5. The summed E-state index contributed by atoms with van der Waals surface area (Å²) in [4.78, 5) is 11.4. The first-order chi connectivity index (χ1) is 12.0. The molecule has 1 heterocycles. The van der Waals surface area contributed by atoms with Crippen LogP contribution in [0.15, 0.2) is 48.5 Å². The maximum Gasteiger partial charge on any atom is 0.387 e. The molecule has 0 fully saturated rings. The number of H-pyrrole nitrogens is 1. The van der Waals surface area contributed by atoms with Crippen molar-refractivity contribution in [3.63, 3.8) is 0 Å². The van der Waals surface area contributed by atoms with E-state index in [1.54, 1.807) is 36.4 Å². The van der Waals surface area contributed by atoms with Crippen LogP contribution >= 0.6 is 0 Å². The van der Waals surface area contributed by atoms with Gasteiger partial charge in [0.1, 0.15) is 11.5 Å². The third kappa shape index (κ3) is 3.97. The number of aromatic amines is 1. The molecule has 0 aliphatic heterocycles. The molecule has 0 bridgehead atoms. The van der Waals surface area contributed by atoms with Crippen LogP contribution < -0.4 is 9.47 Å². The van der Waals surface area contributed by atoms with Gasteiger partial charge in [0.25, 0.3) is 5.88 Å². The first-order valence-electron chi connectivity index (χ1n) is 7.28. The summed E-state index contributed by atoms with van der Waals surface area (Å²) in [5, 5.41) is 9.75. The number of benzene rings is 2. The molecule has 0 saturated heterocycles. The van der Waals surface area contributed by atoms with Gasteiger partial charge < -0.3 is 9.47 Å². The molecule has 0 spiro atoms. The van der Waals surface area contributed by atoms with Crippen LogP contribution in [0.1, 0.15) is 17.4 Å². The van der Waals surface area contributed by atoms with E-state index in [0.717, 1.165) is 11.1 Å². The lowest BCUT2D eigenvalue weighted by Crippen LogP contribution is -2.01. The zero-order valence-corrected chi connectivity index (χ0v) is 13.1. The van der Waals surface area contributed by atoms with Crippen molar-refractivity contribution >= 4 is 5.78 Å². The third-order valence-corrected chi connectivity index (χ3v) is 3.35. The van der Waals surface area contributed by atoms with E-state index in [4.69, 9.17) is 4.74 Å². The molecule has 0 aliphatic rings. The molecule has 0 amide bonds. The Morgan fingerprint density at radius 2 is 1.56 bits per heavy atom. The van der Waals surface area contributed by atoms with Gasteiger partial charge in [0.2, 0.25) is 0 Å². The number of hydrogen-bond donors (Lipinski definition) is 1. The smallest absolute Gasteiger partial charge is 0.387 e. The Labute approximate surface area is 141 Å². The molecule has 0 saturated carbocycles. The summed E-state index contributed by atoms with van der Waals surface area (Å²) >= 11 is 0. The summed E-state index contributed by atoms with van der Waals surface area (Å²) in [5.41, 5.74) is 1.89. The van der Waals surface area contributed by atoms with Crippen molar-refractivity contribution in [3.05, 3.63) is 54.2 Å². The minimum atomic E-state index is -2.85. The monoisotopic (exact) mass is 345 g/mol. The summed E-state index contributed by atoms with van der Waals surface area (Å²) in [7, 11) is 0. The first kappa shape index (κ1) is 16.6. The van der Waals surface area contributed by atoms with Gasteiger partial charge in [-0.15, -0.1) is 0 Å². The summed E-state index contributed by atoms with van der Waals surface area (Å²) in [6, 6.07) is 13.3. The Morgan fingerprint density at radius 1 is 1.00 bits per heavy atom. The third-order valence-electron chi connectivity index (χ3n) is 3.35. The minimum Gasteiger partial charge on any atom is -0.436 e. The van der Waals surface area contributed by atoms with Crippen molar-refractivity contribution in [2.24, 2.45) is 0 Å². The van der Waals surface area contributed by atoms with E-state index in [0.29, 0.717) is 5.75 Å². The summed E-state index contributed by atoms with van der Waals surface area (Å²) in [6.45, 7) is -1.47. The van der Waals surface area contributed by atoms with Gasteiger partial charge in [-0.2, -0.15) is 8.78 Å². The van der Waals surface area contributed by atoms with Crippen LogP contribution in [0.25, 0.3) is 11.1 Å². The van der Waals surface area contributed by atoms with Crippen LogP contribution in [0.5, 0.6) is 17.4 Å². The van der Waals surface area contributed by atoms with Gasteiger partial charge in [0.15, 0.2) is 11.5 Å². The number of ketones is 1. The van der Waals surface area contributed by atoms with E-state index in [9.17, 15) is 13.6 Å². The molecule has 0 aliphatic carbocycles. The maximum atomic E-state index is 12.2. The largest absolute Gasteiger partial charge is 0.436 e. The van der Waals surface area contributed by atoms with E-state index in [2.05, 4.69) is 20.1 Å². The molecule has 6 nitrogen and oxygen atoms in total. The highest BCUT2D eigenvalue weighted by molar-refractivity contribution is 5.94. The number of carbonyl (C=O) groups is 1. The average Bonchev–Trinajstić information content (AvgIpc) is 3.04. The van der Waals surface area contributed by atoms with Crippen molar-refractivity contribution in [1.82, 2.24) is 15.4 Å². The molecule has 0 radical (unpaired) electrons. The minimum absolute atomic E-state index is 0.0986. The molecule has 3 rings (SSSR count). The fourth-order valence-corrected chi connectivity index (χ4v) is 2.17. The van der Waals surface area contributed by atoms with Crippen molar-refractivity contribution in [2.75, 3.05) is 0 Å². The van der Waals surface area contributed by atoms with Crippen LogP contribution in [-0.2, 0) is 0 Å². The van der Waals surface area contributed by atoms with Crippen molar-refractivity contribution in [2.45, 2.75) is 13.5 Å². The van der Waals surface area contributed by atoms with E-state index in [-0.39, 0.29) is 23.1 Å². The fourth-order valence-electron chi connectivity index (χ4n) is 2.17. The molecule has 0 unspecified atom stereocenters. The second-order valence-electron chi connectivity index (χ2n) is 5.08. The topological polar surface area (TPSA) is 77.1 Å². The molecule has 0 atom stereocenters. The zero-order chi connectivity index (χ0) is 17.8. The molecule has 128 valence electrons. The molecular formula is C17H13F2N3O3. The van der Waals surface area contributed by atoms with Crippen LogP contribution in [-0.4, -0.2) is 27.8 Å². The van der Waals surface area contributed by atoms with E-state index < -0.39 is 6.61 Å². The highest BCUT2D eigenvalue weighted by Gasteiger charge is 2.13. The Hall–Kier alpha value is -3.29. The Kier molecular flexibility index (Phi) is 4.69. The SMILES string of the molecule is CC(=O)c1[nH]nnc1Oc1ccc(-c2ccc(OC(F)F)cc2)cc1. The predicted molar refractivity (Wildman–Crippen MR) is 85.0 cm³/mol. The second kappa shape index (κ2) is 7.08. The van der Waals surface area contributed by atoms with Crippen molar-refractivity contribution in [1.29, 1.82) is 0 Å². The Morgan fingerprint density at radius 3 is 2.08 bits per heavy atom. The molecule has 8 heteroatoms. The molecule has 1 aromatic heterocycles. The van der Waals surface area contributed by atoms with Gasteiger partial charge in [0, 0.05) is 6.92 Å². The normalized spacial score (nSPS) is 10.7. The number of halogens is 2. The Balaban J connectivity index is 1.73. The number of nitrogens with zero attached hydrogens (tertiary/aromatic N) is 2. The summed E-state index contributed by atoms with van der Waals surface area (Å²) in [6.07, 6.45) is 0. The lowest BCUT2D eigenvalue weighted by molar-refractivity contribution is -0.0498. The fraction of sp³-hybridized carbons (Fsp3) is 0.118. The van der Waals surface area contributed by atoms with Crippen molar-refractivity contribution < 1.29 is 23.0 Å². The van der Waals surface area contributed by atoms with E-state index in [1.807, 2.05) is 0 Å². The quantitative estimate of drug-likeness (QED) is 0.682. The molecule has 1 N–H and O–H groups in total. The second-order valence-corrected chi connectivity index (χ2v) is 5.08. The number of rotatable bonds is 6. The summed E-state index contributed by atoms with van der Waals surface area (Å²) in [5.74, 6) is 0.454. The number of alkyl halides is 2. The van der Waals surface area contributed by atoms with Gasteiger partial charge in [-0.25, -0.2) is 0 Å². The lowest BCUT2D eigenvalue weighted by atomic mass is 10.1. The summed E-state index contributed by atoms with van der Waals surface area (Å²) < 4.78 is 34.2. The number of aromatic nitrogens is 3. The number of Topliss-reactive ketones (excluding diaryl/α,β-unsaturated/α-hetero) is 1. The predicted octanol–water partition coefficient (Wildman–Crippen LogP) is 4.07. The van der Waals surface area contributed by atoms with Gasteiger partial charge in [0.05, 0.1) is 0 Å². The van der Waals surface area contributed by atoms with Gasteiger partial charge in [-0.05, 0) is 35.4 Å². The number of ether oxygens (including phenoxy) is 2. The standard InChI is InChI=1S/C17H13F2N3O3/c1-10(23)15-16(21-22-20-15)24-13-6-2-11(3-7-13)12-4-8-14(9-5-12)25-17(18)19/h2-9,17H,1H3,(H,20,21,22). The Bertz CT molecular complexity index is 862. The van der Waals surface area contributed by atoms with Gasteiger partial charge >= 0.3 is 6.61 Å². The zero-order valence-electron chi connectivity index (χ0n) is 13.1. The average molecular weight is 345 g/mol. The van der Waals surface area contributed by atoms with Gasteiger partial charge in [-0.1, -0.05) is 34.6 Å². The lowest BCUT2D eigenvalue weighted by Gasteiger charge is -2.07. The van der Waals surface area contributed by atoms with Crippen molar-refractivity contribution in [3.8, 4) is 28.5 Å². The first-order valence-corrected chi connectivity index (χ1v) is 7.28. The molecular weight excluding hydrogens is 332 g/mol. The number of nitrogens with one attached hydrogen (secondary N) is 1. The maximum absolute atomic E-state index is 12.2. The number of carbonyl (C=O) groups excluding carboxylic acids is 1. The van der Waals surface area contributed by atoms with Crippen LogP contribution in [0.4, 0.5) is 8.78 Å². The van der Waals surface area contributed by atoms with Crippen LogP contribution in [0, 0.1) is 0 Å². The highest BCUT2D eigenvalue weighted by atomic mass is 19.3. The van der Waals surface area contributed by atoms with Gasteiger partial charge in [-0.3, -0.25) is 9.89 Å². The van der Waals surface area contributed by atoms with E-state index in [1.165, 1.54) is 19.1 Å². The van der Waals surface area contributed by atoms with E-state index >= 15 is 0 Å². The van der Waals surface area contributed by atoms with Crippen LogP contribution in [0.2, 0.25) is 0 Å². The molecule has 3 aromatic rings. The molecule has 25 heavy (non-hydrogen) atoms. The van der Waals surface area contributed by atoms with Crippen LogP contribution in [0.3, 0.4) is 0 Å².